The van der Waals surface area contributed by atoms with Gasteiger partial charge in [0.25, 0.3) is 0 Å². The molecule has 1 heterocycles. The molecule has 1 aliphatic rings. The van der Waals surface area contributed by atoms with Gasteiger partial charge in [0, 0.05) is 18.5 Å². The van der Waals surface area contributed by atoms with Gasteiger partial charge in [0.1, 0.15) is 5.75 Å². The van der Waals surface area contributed by atoms with Crippen molar-refractivity contribution in [2.45, 2.75) is 39.0 Å². The van der Waals surface area contributed by atoms with Crippen molar-refractivity contribution < 1.29 is 19.7 Å². The lowest BCUT2D eigenvalue weighted by Gasteiger charge is -2.28. The zero-order chi connectivity index (χ0) is 17.8. The lowest BCUT2D eigenvalue weighted by atomic mass is 9.89. The molecule has 5 nitrogen and oxygen atoms in total. The molecule has 1 aliphatic heterocycles. The second kappa shape index (κ2) is 7.78. The molecule has 25 heavy (non-hydrogen) atoms. The molecule has 5 heteroatoms. The summed E-state index contributed by atoms with van der Waals surface area (Å²) >= 11 is 0. The molecule has 0 aliphatic carbocycles. The highest BCUT2D eigenvalue weighted by molar-refractivity contribution is 5.69. The van der Waals surface area contributed by atoms with Gasteiger partial charge in [0.2, 0.25) is 0 Å². The number of carbonyl (C=O) groups excluding carboxylic acids is 1. The first-order valence-corrected chi connectivity index (χ1v) is 8.47. The number of nitrogens with one attached hydrogen (secondary N) is 1. The minimum atomic E-state index is -0.399. The number of ether oxygens (including phenoxy) is 1. The van der Waals surface area contributed by atoms with E-state index in [1.54, 1.807) is 6.07 Å². The largest absolute Gasteiger partial charge is 0.426 e. The number of esters is 1. The molecule has 1 unspecified atom stereocenters. The number of benzene rings is 2. The van der Waals surface area contributed by atoms with E-state index in [-0.39, 0.29) is 19.3 Å². The van der Waals surface area contributed by atoms with Crippen molar-refractivity contribution in [3.8, 4) is 5.75 Å². The van der Waals surface area contributed by atoms with Gasteiger partial charge in [0.15, 0.2) is 0 Å². The highest BCUT2D eigenvalue weighted by atomic mass is 16.5. The van der Waals surface area contributed by atoms with E-state index in [9.17, 15) is 15.0 Å². The number of hydrogen-bond acceptors (Lipinski definition) is 5. The highest BCUT2D eigenvalue weighted by Gasteiger charge is 2.20. The van der Waals surface area contributed by atoms with E-state index in [1.807, 2.05) is 18.2 Å². The Morgan fingerprint density at radius 2 is 1.96 bits per heavy atom. The lowest BCUT2D eigenvalue weighted by molar-refractivity contribution is -0.131. The van der Waals surface area contributed by atoms with Crippen LogP contribution in [0.2, 0.25) is 0 Å². The normalized spacial score (nSPS) is 16.4. The SMILES string of the molecule is CC(=O)Oc1cc(CC2NCCc3cc(CO)ccc32)ccc1CO. The van der Waals surface area contributed by atoms with Crippen molar-refractivity contribution in [3.05, 3.63) is 64.2 Å². The second-order valence-electron chi connectivity index (χ2n) is 6.35. The maximum atomic E-state index is 11.3. The van der Waals surface area contributed by atoms with E-state index in [1.165, 1.54) is 18.1 Å². The van der Waals surface area contributed by atoms with Crippen molar-refractivity contribution >= 4 is 5.97 Å². The highest BCUT2D eigenvalue weighted by Crippen LogP contribution is 2.29. The predicted molar refractivity (Wildman–Crippen MR) is 94.2 cm³/mol. The van der Waals surface area contributed by atoms with E-state index in [0.717, 1.165) is 30.5 Å². The Labute approximate surface area is 147 Å². The molecule has 0 spiro atoms. The van der Waals surface area contributed by atoms with Crippen molar-refractivity contribution in [2.75, 3.05) is 6.54 Å². The Bertz CT molecular complexity index is 772. The fraction of sp³-hybridized carbons (Fsp3) is 0.350. The second-order valence-corrected chi connectivity index (χ2v) is 6.35. The summed E-state index contributed by atoms with van der Waals surface area (Å²) in [5, 5.41) is 22.2. The summed E-state index contributed by atoms with van der Waals surface area (Å²) in [7, 11) is 0. The predicted octanol–water partition coefficient (Wildman–Crippen LogP) is 2.03. The van der Waals surface area contributed by atoms with Crippen LogP contribution in [0.3, 0.4) is 0 Å². The average molecular weight is 341 g/mol. The molecular weight excluding hydrogens is 318 g/mol. The molecule has 0 saturated carbocycles. The van der Waals surface area contributed by atoms with Crippen LogP contribution in [0, 0.1) is 0 Å². The molecule has 0 aromatic heterocycles. The Kier molecular flexibility index (Phi) is 5.48. The van der Waals surface area contributed by atoms with E-state index < -0.39 is 5.97 Å². The molecule has 2 aromatic carbocycles. The summed E-state index contributed by atoms with van der Waals surface area (Å²) in [6, 6.07) is 11.8. The molecule has 0 fully saturated rings. The van der Waals surface area contributed by atoms with Crippen LogP contribution in [0.15, 0.2) is 36.4 Å². The summed E-state index contributed by atoms with van der Waals surface area (Å²) in [6.07, 6.45) is 1.70. The van der Waals surface area contributed by atoms with Gasteiger partial charge in [-0.3, -0.25) is 4.79 Å². The Hall–Kier alpha value is -2.21. The van der Waals surface area contributed by atoms with Crippen molar-refractivity contribution in [1.29, 1.82) is 0 Å². The van der Waals surface area contributed by atoms with Crippen LogP contribution in [0.25, 0.3) is 0 Å². The number of hydrogen-bond donors (Lipinski definition) is 3. The first-order valence-electron chi connectivity index (χ1n) is 8.47. The van der Waals surface area contributed by atoms with Gasteiger partial charge < -0.3 is 20.3 Å². The number of rotatable bonds is 5. The zero-order valence-electron chi connectivity index (χ0n) is 14.3. The van der Waals surface area contributed by atoms with Gasteiger partial charge in [-0.2, -0.15) is 0 Å². The molecular formula is C20H23NO4. The third-order valence-electron chi connectivity index (χ3n) is 4.55. The molecule has 3 N–H and O–H groups in total. The number of fused-ring (bicyclic) bond motifs is 1. The van der Waals surface area contributed by atoms with Crippen LogP contribution in [0.4, 0.5) is 0 Å². The van der Waals surface area contributed by atoms with E-state index in [2.05, 4.69) is 17.4 Å². The van der Waals surface area contributed by atoms with Crippen LogP contribution in [-0.2, 0) is 30.8 Å². The Balaban J connectivity index is 1.85. The number of carbonyl (C=O) groups is 1. The first-order chi connectivity index (χ1) is 12.1. The van der Waals surface area contributed by atoms with Crippen LogP contribution in [-0.4, -0.2) is 22.7 Å². The maximum absolute atomic E-state index is 11.3. The van der Waals surface area contributed by atoms with Crippen LogP contribution < -0.4 is 10.1 Å². The summed E-state index contributed by atoms with van der Waals surface area (Å²) in [5.41, 5.74) is 5.07. The average Bonchev–Trinajstić information content (AvgIpc) is 2.61. The molecule has 0 saturated heterocycles. The number of aliphatic hydroxyl groups is 2. The topological polar surface area (TPSA) is 78.8 Å². The quantitative estimate of drug-likeness (QED) is 0.573. The van der Waals surface area contributed by atoms with Crippen molar-refractivity contribution in [2.24, 2.45) is 0 Å². The number of aliphatic hydroxyl groups excluding tert-OH is 2. The van der Waals surface area contributed by atoms with Crippen molar-refractivity contribution in [1.82, 2.24) is 5.32 Å². The van der Waals surface area contributed by atoms with Gasteiger partial charge in [-0.15, -0.1) is 0 Å². The van der Waals surface area contributed by atoms with Gasteiger partial charge in [-0.25, -0.2) is 0 Å². The van der Waals surface area contributed by atoms with Crippen LogP contribution in [0.5, 0.6) is 5.75 Å². The monoisotopic (exact) mass is 341 g/mol. The molecule has 1 atom stereocenters. The van der Waals surface area contributed by atoms with Gasteiger partial charge in [0.05, 0.1) is 13.2 Å². The smallest absolute Gasteiger partial charge is 0.308 e. The molecule has 0 radical (unpaired) electrons. The summed E-state index contributed by atoms with van der Waals surface area (Å²) < 4.78 is 5.22. The Morgan fingerprint density at radius 3 is 2.68 bits per heavy atom. The molecule has 2 aromatic rings. The summed E-state index contributed by atoms with van der Waals surface area (Å²) in [5.74, 6) is 0.0173. The van der Waals surface area contributed by atoms with Gasteiger partial charge in [-0.1, -0.05) is 30.3 Å². The molecule has 0 amide bonds. The van der Waals surface area contributed by atoms with E-state index in [0.29, 0.717) is 11.3 Å². The molecule has 132 valence electrons. The summed E-state index contributed by atoms with van der Waals surface area (Å²) in [6.45, 7) is 2.13. The molecule has 3 rings (SSSR count). The van der Waals surface area contributed by atoms with Gasteiger partial charge >= 0.3 is 5.97 Å². The maximum Gasteiger partial charge on any atom is 0.308 e. The standard InChI is InChI=1S/C20H23NO4/c1-13(24)25-20-10-14(2-4-17(20)12-23)9-19-18-5-3-15(11-22)8-16(18)6-7-21-19/h2-5,8,10,19,21-23H,6-7,9,11-12H2,1H3. The summed E-state index contributed by atoms with van der Waals surface area (Å²) in [4.78, 5) is 11.3. The van der Waals surface area contributed by atoms with Gasteiger partial charge in [-0.05, 0) is 47.7 Å². The lowest BCUT2D eigenvalue weighted by Crippen LogP contribution is -2.31. The van der Waals surface area contributed by atoms with E-state index in [4.69, 9.17) is 4.74 Å². The molecule has 0 bridgehead atoms. The van der Waals surface area contributed by atoms with E-state index >= 15 is 0 Å². The minimum Gasteiger partial charge on any atom is -0.426 e. The van der Waals surface area contributed by atoms with Crippen LogP contribution in [0.1, 0.15) is 40.8 Å². The fourth-order valence-electron chi connectivity index (χ4n) is 3.33. The van der Waals surface area contributed by atoms with Crippen LogP contribution >= 0.6 is 0 Å². The minimum absolute atomic E-state index is 0.0553. The Morgan fingerprint density at radius 1 is 1.16 bits per heavy atom. The fourth-order valence-corrected chi connectivity index (χ4v) is 3.33. The first kappa shape index (κ1) is 17.6. The zero-order valence-corrected chi connectivity index (χ0v) is 14.3. The van der Waals surface area contributed by atoms with Crippen molar-refractivity contribution in [3.63, 3.8) is 0 Å². The third-order valence-corrected chi connectivity index (χ3v) is 4.55. The third kappa shape index (κ3) is 4.07.